The number of aromatic nitrogens is 4. The second kappa shape index (κ2) is 10.2. The smallest absolute Gasteiger partial charge is 0.165 e. The molecule has 0 saturated carbocycles. The first kappa shape index (κ1) is 25.3. The highest BCUT2D eigenvalue weighted by molar-refractivity contribution is 6.18. The van der Waals surface area contributed by atoms with Crippen molar-refractivity contribution < 1.29 is 4.42 Å². The van der Waals surface area contributed by atoms with E-state index in [9.17, 15) is 0 Å². The van der Waals surface area contributed by atoms with Crippen LogP contribution in [0.2, 0.25) is 0 Å². The predicted octanol–water partition coefficient (Wildman–Crippen LogP) is 10.1. The summed E-state index contributed by atoms with van der Waals surface area (Å²) < 4.78 is 6.15. The molecule has 0 aliphatic rings. The van der Waals surface area contributed by atoms with Gasteiger partial charge in [0.25, 0.3) is 0 Å². The van der Waals surface area contributed by atoms with Crippen LogP contribution in [0.15, 0.2) is 150 Å². The van der Waals surface area contributed by atoms with E-state index < -0.39 is 0 Å². The van der Waals surface area contributed by atoms with Gasteiger partial charge in [-0.05, 0) is 51.9 Å². The average molecular weight is 577 g/mol. The summed E-state index contributed by atoms with van der Waals surface area (Å²) in [6.45, 7) is 0. The Morgan fingerprint density at radius 1 is 0.400 bits per heavy atom. The zero-order chi connectivity index (χ0) is 29.7. The monoisotopic (exact) mass is 576 g/mol. The Morgan fingerprint density at radius 3 is 1.78 bits per heavy atom. The quantitative estimate of drug-likeness (QED) is 0.195. The molecule has 3 heterocycles. The van der Waals surface area contributed by atoms with Gasteiger partial charge in [-0.3, -0.25) is 4.98 Å². The zero-order valence-electron chi connectivity index (χ0n) is 24.1. The number of hydrogen-bond acceptors (Lipinski definition) is 5. The SMILES string of the molecule is c1ccc(-c2nc(-c3ccccc3)nc(-c3ccc(-c4cccc5c4ccc4cc6oc7ccccc7c6cc45)nc3)n2)cc1. The van der Waals surface area contributed by atoms with E-state index in [1.54, 1.807) is 0 Å². The van der Waals surface area contributed by atoms with Gasteiger partial charge in [0.15, 0.2) is 17.5 Å². The Kier molecular flexibility index (Phi) is 5.74. The van der Waals surface area contributed by atoms with Crippen molar-refractivity contribution in [1.82, 2.24) is 19.9 Å². The first-order valence-corrected chi connectivity index (χ1v) is 14.9. The van der Waals surface area contributed by atoms with Crippen LogP contribution in [-0.4, -0.2) is 19.9 Å². The van der Waals surface area contributed by atoms with Gasteiger partial charge in [0.05, 0.1) is 5.69 Å². The number of furan rings is 1. The van der Waals surface area contributed by atoms with Gasteiger partial charge < -0.3 is 4.42 Å². The maximum Gasteiger partial charge on any atom is 0.165 e. The van der Waals surface area contributed by atoms with E-state index in [-0.39, 0.29) is 0 Å². The molecule has 9 aromatic rings. The van der Waals surface area contributed by atoms with Crippen molar-refractivity contribution in [3.8, 4) is 45.4 Å². The minimum absolute atomic E-state index is 0.585. The Morgan fingerprint density at radius 2 is 1.07 bits per heavy atom. The lowest BCUT2D eigenvalue weighted by molar-refractivity contribution is 0.669. The molecule has 0 aliphatic heterocycles. The van der Waals surface area contributed by atoms with E-state index in [2.05, 4.69) is 60.7 Å². The second-order valence-electron chi connectivity index (χ2n) is 11.1. The first-order chi connectivity index (χ1) is 22.3. The normalized spacial score (nSPS) is 11.6. The molecular weight excluding hydrogens is 552 g/mol. The first-order valence-electron chi connectivity index (χ1n) is 14.9. The summed E-state index contributed by atoms with van der Waals surface area (Å²) in [6, 6.07) is 47.5. The van der Waals surface area contributed by atoms with Crippen molar-refractivity contribution in [3.63, 3.8) is 0 Å². The number of rotatable bonds is 4. The highest BCUT2D eigenvalue weighted by atomic mass is 16.3. The number of nitrogens with zero attached hydrogens (tertiary/aromatic N) is 4. The predicted molar refractivity (Wildman–Crippen MR) is 182 cm³/mol. The van der Waals surface area contributed by atoms with Crippen LogP contribution < -0.4 is 0 Å². The fourth-order valence-corrected chi connectivity index (χ4v) is 6.16. The Balaban J connectivity index is 1.15. The van der Waals surface area contributed by atoms with Gasteiger partial charge in [0.2, 0.25) is 0 Å². The van der Waals surface area contributed by atoms with Crippen molar-refractivity contribution in [3.05, 3.63) is 146 Å². The maximum atomic E-state index is 6.15. The summed E-state index contributed by atoms with van der Waals surface area (Å²) in [5.74, 6) is 1.84. The van der Waals surface area contributed by atoms with Crippen LogP contribution in [0.1, 0.15) is 0 Å². The lowest BCUT2D eigenvalue weighted by Gasteiger charge is -2.11. The summed E-state index contributed by atoms with van der Waals surface area (Å²) >= 11 is 0. The Labute approximate surface area is 258 Å². The van der Waals surface area contributed by atoms with Crippen LogP contribution in [0.4, 0.5) is 0 Å². The van der Waals surface area contributed by atoms with Crippen LogP contribution in [0.5, 0.6) is 0 Å². The van der Waals surface area contributed by atoms with E-state index in [0.29, 0.717) is 17.5 Å². The number of para-hydroxylation sites is 1. The van der Waals surface area contributed by atoms with Crippen LogP contribution in [0, 0.1) is 0 Å². The molecule has 3 aromatic heterocycles. The summed E-state index contributed by atoms with van der Waals surface area (Å²) in [7, 11) is 0. The van der Waals surface area contributed by atoms with Crippen molar-refractivity contribution in [2.45, 2.75) is 0 Å². The highest BCUT2D eigenvalue weighted by Crippen LogP contribution is 2.37. The Bertz CT molecular complexity index is 2460. The molecular formula is C40H24N4O. The van der Waals surface area contributed by atoms with Gasteiger partial charge in [-0.25, -0.2) is 15.0 Å². The average Bonchev–Trinajstić information content (AvgIpc) is 3.48. The molecule has 45 heavy (non-hydrogen) atoms. The van der Waals surface area contributed by atoms with Crippen molar-refractivity contribution in [1.29, 1.82) is 0 Å². The minimum atomic E-state index is 0.585. The van der Waals surface area contributed by atoms with Gasteiger partial charge in [-0.15, -0.1) is 0 Å². The van der Waals surface area contributed by atoms with E-state index in [1.807, 2.05) is 85.1 Å². The Hall–Kier alpha value is -6.20. The molecule has 0 N–H and O–H groups in total. The van der Waals surface area contributed by atoms with Gasteiger partial charge >= 0.3 is 0 Å². The number of hydrogen-bond donors (Lipinski definition) is 0. The van der Waals surface area contributed by atoms with Gasteiger partial charge in [0.1, 0.15) is 11.2 Å². The lowest BCUT2D eigenvalue weighted by atomic mass is 9.95. The van der Waals surface area contributed by atoms with E-state index in [1.165, 1.54) is 10.8 Å². The third kappa shape index (κ3) is 4.33. The second-order valence-corrected chi connectivity index (χ2v) is 11.1. The summed E-state index contributed by atoms with van der Waals surface area (Å²) in [5.41, 5.74) is 6.47. The molecule has 0 bridgehead atoms. The summed E-state index contributed by atoms with van der Waals surface area (Å²) in [5, 5.41) is 6.92. The molecule has 6 aromatic carbocycles. The third-order valence-corrected chi connectivity index (χ3v) is 8.37. The van der Waals surface area contributed by atoms with Crippen molar-refractivity contribution in [2.75, 3.05) is 0 Å². The topological polar surface area (TPSA) is 64.7 Å². The summed E-state index contributed by atoms with van der Waals surface area (Å²) in [4.78, 5) is 19.5. The van der Waals surface area contributed by atoms with E-state index in [4.69, 9.17) is 24.4 Å². The highest BCUT2D eigenvalue weighted by Gasteiger charge is 2.15. The van der Waals surface area contributed by atoms with Crippen LogP contribution in [0.3, 0.4) is 0 Å². The van der Waals surface area contributed by atoms with Crippen molar-refractivity contribution >= 4 is 43.5 Å². The molecule has 5 heteroatoms. The molecule has 5 nitrogen and oxygen atoms in total. The van der Waals surface area contributed by atoms with Crippen LogP contribution in [0.25, 0.3) is 88.9 Å². The van der Waals surface area contributed by atoms with Gasteiger partial charge in [-0.2, -0.15) is 0 Å². The molecule has 0 amide bonds. The summed E-state index contributed by atoms with van der Waals surface area (Å²) in [6.07, 6.45) is 1.86. The fraction of sp³-hybridized carbons (Fsp3) is 0. The lowest BCUT2D eigenvalue weighted by Crippen LogP contribution is -2.00. The third-order valence-electron chi connectivity index (χ3n) is 8.37. The van der Waals surface area contributed by atoms with Gasteiger partial charge in [0, 0.05) is 39.2 Å². The molecule has 0 atom stereocenters. The molecule has 0 saturated heterocycles. The standard InChI is InChI=1S/C40H24N4O/c1-3-10-25(11-4-1)38-42-39(26-12-5-2-6-13-26)44-40(43-38)28-19-21-35(41-24-28)31-16-9-15-29-30(31)20-18-27-22-37-34(23-33(27)29)32-14-7-8-17-36(32)45-37/h1-24H. The molecule has 0 radical (unpaired) electrons. The van der Waals surface area contributed by atoms with Crippen molar-refractivity contribution in [2.24, 2.45) is 0 Å². The maximum absolute atomic E-state index is 6.15. The molecule has 0 spiro atoms. The van der Waals surface area contributed by atoms with E-state index in [0.717, 1.165) is 60.7 Å². The largest absolute Gasteiger partial charge is 0.456 e. The number of benzene rings is 6. The molecule has 0 fully saturated rings. The molecule has 9 rings (SSSR count). The molecule has 0 aliphatic carbocycles. The van der Waals surface area contributed by atoms with Crippen LogP contribution in [-0.2, 0) is 0 Å². The van der Waals surface area contributed by atoms with Gasteiger partial charge in [-0.1, -0.05) is 109 Å². The number of pyridine rings is 1. The minimum Gasteiger partial charge on any atom is -0.456 e. The molecule has 210 valence electrons. The van der Waals surface area contributed by atoms with E-state index >= 15 is 0 Å². The van der Waals surface area contributed by atoms with Crippen LogP contribution >= 0.6 is 0 Å². The number of fused-ring (bicyclic) bond motifs is 6. The molecule has 0 unspecified atom stereocenters. The fourth-order valence-electron chi connectivity index (χ4n) is 6.16. The zero-order valence-corrected chi connectivity index (χ0v) is 24.1.